The Morgan fingerprint density at radius 1 is 1.69 bits per heavy atom. The summed E-state index contributed by atoms with van der Waals surface area (Å²) < 4.78 is 12.6. The molecular formula is C9H10FNO2. The van der Waals surface area contributed by atoms with Crippen molar-refractivity contribution in [2.24, 2.45) is 5.92 Å². The van der Waals surface area contributed by atoms with E-state index < -0.39 is 17.7 Å². The van der Waals surface area contributed by atoms with Gasteiger partial charge in [0, 0.05) is 6.20 Å². The van der Waals surface area contributed by atoms with Crippen molar-refractivity contribution in [3.63, 3.8) is 0 Å². The topological polar surface area (TPSA) is 50.2 Å². The zero-order valence-electron chi connectivity index (χ0n) is 7.20. The third-order valence-electron chi connectivity index (χ3n) is 1.72. The van der Waals surface area contributed by atoms with Crippen LogP contribution < -0.4 is 0 Å². The van der Waals surface area contributed by atoms with Gasteiger partial charge in [-0.1, -0.05) is 6.92 Å². The lowest BCUT2D eigenvalue weighted by Crippen LogP contribution is -2.12. The van der Waals surface area contributed by atoms with E-state index >= 15 is 0 Å². The Bertz CT molecular complexity index is 314. The minimum atomic E-state index is -0.885. The quantitative estimate of drug-likeness (QED) is 0.772. The van der Waals surface area contributed by atoms with Gasteiger partial charge in [0.2, 0.25) is 0 Å². The van der Waals surface area contributed by atoms with E-state index in [9.17, 15) is 9.18 Å². The lowest BCUT2D eigenvalue weighted by Gasteiger charge is -2.04. The third-order valence-corrected chi connectivity index (χ3v) is 1.72. The number of pyridine rings is 1. The average Bonchev–Trinajstić information content (AvgIpc) is 2.04. The molecule has 0 aliphatic rings. The van der Waals surface area contributed by atoms with Gasteiger partial charge in [-0.2, -0.15) is 0 Å². The first-order valence-corrected chi connectivity index (χ1v) is 3.92. The molecule has 0 amide bonds. The number of carbonyl (C=O) groups is 1. The van der Waals surface area contributed by atoms with E-state index in [0.717, 1.165) is 6.20 Å². The second kappa shape index (κ2) is 3.98. The second-order valence-corrected chi connectivity index (χ2v) is 2.95. The van der Waals surface area contributed by atoms with Crippen LogP contribution >= 0.6 is 0 Å². The maximum absolute atomic E-state index is 12.6. The van der Waals surface area contributed by atoms with E-state index in [1.807, 2.05) is 0 Å². The van der Waals surface area contributed by atoms with Gasteiger partial charge in [-0.3, -0.25) is 9.78 Å². The van der Waals surface area contributed by atoms with Gasteiger partial charge < -0.3 is 5.11 Å². The molecule has 1 atom stereocenters. The van der Waals surface area contributed by atoms with Gasteiger partial charge in [-0.15, -0.1) is 0 Å². The van der Waals surface area contributed by atoms with Crippen molar-refractivity contribution in [2.75, 3.05) is 0 Å². The van der Waals surface area contributed by atoms with E-state index in [4.69, 9.17) is 5.11 Å². The Balaban J connectivity index is 2.69. The average molecular weight is 183 g/mol. The SMILES string of the molecule is C[C@H](Cc1cncc(F)c1)C(=O)O. The van der Waals surface area contributed by atoms with Crippen LogP contribution in [0.1, 0.15) is 12.5 Å². The number of aliphatic carboxylic acids is 1. The monoisotopic (exact) mass is 183 g/mol. The molecule has 1 N–H and O–H groups in total. The smallest absolute Gasteiger partial charge is 0.306 e. The predicted molar refractivity (Wildman–Crippen MR) is 44.7 cm³/mol. The Kier molecular flexibility index (Phi) is 2.95. The maximum atomic E-state index is 12.6. The molecule has 1 aromatic rings. The summed E-state index contributed by atoms with van der Waals surface area (Å²) >= 11 is 0. The van der Waals surface area contributed by atoms with E-state index in [2.05, 4.69) is 4.98 Å². The first-order chi connectivity index (χ1) is 6.09. The van der Waals surface area contributed by atoms with Crippen LogP contribution in [0.25, 0.3) is 0 Å². The van der Waals surface area contributed by atoms with E-state index in [1.54, 1.807) is 6.92 Å². The summed E-state index contributed by atoms with van der Waals surface area (Å²) in [5.74, 6) is -1.83. The number of hydrogen-bond acceptors (Lipinski definition) is 2. The fourth-order valence-corrected chi connectivity index (χ4v) is 1.01. The highest BCUT2D eigenvalue weighted by atomic mass is 19.1. The van der Waals surface area contributed by atoms with Crippen LogP contribution in [0.4, 0.5) is 4.39 Å². The molecule has 0 saturated heterocycles. The number of halogens is 1. The van der Waals surface area contributed by atoms with Crippen LogP contribution in [0.15, 0.2) is 18.5 Å². The van der Waals surface area contributed by atoms with Crippen molar-refractivity contribution >= 4 is 5.97 Å². The molecule has 0 bridgehead atoms. The van der Waals surface area contributed by atoms with Crippen LogP contribution in [0.2, 0.25) is 0 Å². The van der Waals surface area contributed by atoms with Gasteiger partial charge in [0.05, 0.1) is 12.1 Å². The fourth-order valence-electron chi connectivity index (χ4n) is 1.01. The summed E-state index contributed by atoms with van der Waals surface area (Å²) in [5.41, 5.74) is 0.606. The molecule has 0 saturated carbocycles. The third kappa shape index (κ3) is 2.82. The molecule has 0 radical (unpaired) electrons. The van der Waals surface area contributed by atoms with Crippen LogP contribution in [0.5, 0.6) is 0 Å². The predicted octanol–water partition coefficient (Wildman–Crippen LogP) is 1.48. The summed E-state index contributed by atoms with van der Waals surface area (Å²) in [4.78, 5) is 14.1. The van der Waals surface area contributed by atoms with Crippen molar-refractivity contribution in [1.82, 2.24) is 4.98 Å². The largest absolute Gasteiger partial charge is 0.481 e. The van der Waals surface area contributed by atoms with Gasteiger partial charge in [0.25, 0.3) is 0 Å². The van der Waals surface area contributed by atoms with E-state index in [-0.39, 0.29) is 0 Å². The number of carboxylic acid groups (broad SMARTS) is 1. The highest BCUT2D eigenvalue weighted by Gasteiger charge is 2.11. The van der Waals surface area contributed by atoms with Crippen molar-refractivity contribution in [3.8, 4) is 0 Å². The number of hydrogen-bond donors (Lipinski definition) is 1. The number of carboxylic acids is 1. The molecule has 0 fully saturated rings. The Morgan fingerprint density at radius 3 is 2.92 bits per heavy atom. The lowest BCUT2D eigenvalue weighted by molar-refractivity contribution is -0.141. The van der Waals surface area contributed by atoms with Gasteiger partial charge in [0.15, 0.2) is 0 Å². The molecule has 1 aromatic heterocycles. The highest BCUT2D eigenvalue weighted by Crippen LogP contribution is 2.08. The fraction of sp³-hybridized carbons (Fsp3) is 0.333. The first-order valence-electron chi connectivity index (χ1n) is 3.92. The number of rotatable bonds is 3. The molecule has 3 nitrogen and oxygen atoms in total. The van der Waals surface area contributed by atoms with E-state index in [0.29, 0.717) is 12.0 Å². The van der Waals surface area contributed by atoms with Gasteiger partial charge in [-0.25, -0.2) is 4.39 Å². The number of nitrogens with zero attached hydrogens (tertiary/aromatic N) is 1. The summed E-state index contributed by atoms with van der Waals surface area (Å²) in [5, 5.41) is 8.60. The van der Waals surface area contributed by atoms with Gasteiger partial charge >= 0.3 is 5.97 Å². The molecule has 4 heteroatoms. The Labute approximate surface area is 75.2 Å². The molecule has 0 aliphatic carbocycles. The number of aromatic nitrogens is 1. The minimum Gasteiger partial charge on any atom is -0.481 e. The molecule has 13 heavy (non-hydrogen) atoms. The minimum absolute atomic E-state index is 0.306. The summed E-state index contributed by atoms with van der Waals surface area (Å²) in [6.45, 7) is 1.58. The highest BCUT2D eigenvalue weighted by molar-refractivity contribution is 5.69. The summed E-state index contributed by atoms with van der Waals surface area (Å²) in [7, 11) is 0. The second-order valence-electron chi connectivity index (χ2n) is 2.95. The molecule has 0 unspecified atom stereocenters. The normalized spacial score (nSPS) is 12.5. The molecule has 0 aliphatic heterocycles. The van der Waals surface area contributed by atoms with Gasteiger partial charge in [-0.05, 0) is 18.1 Å². The maximum Gasteiger partial charge on any atom is 0.306 e. The summed E-state index contributed by atoms with van der Waals surface area (Å²) in [6, 6.07) is 1.30. The molecule has 0 aromatic carbocycles. The van der Waals surface area contributed by atoms with Crippen LogP contribution in [-0.4, -0.2) is 16.1 Å². The molecule has 1 heterocycles. The lowest BCUT2D eigenvalue weighted by atomic mass is 10.0. The zero-order valence-corrected chi connectivity index (χ0v) is 7.20. The zero-order chi connectivity index (χ0) is 9.84. The van der Waals surface area contributed by atoms with Crippen molar-refractivity contribution in [1.29, 1.82) is 0 Å². The summed E-state index contributed by atoms with van der Waals surface area (Å²) in [6.07, 6.45) is 2.87. The molecule has 0 spiro atoms. The van der Waals surface area contributed by atoms with Crippen LogP contribution in [0, 0.1) is 11.7 Å². The van der Waals surface area contributed by atoms with Gasteiger partial charge in [0.1, 0.15) is 5.82 Å². The first kappa shape index (κ1) is 9.64. The molecule has 70 valence electrons. The molecule has 1 rings (SSSR count). The van der Waals surface area contributed by atoms with Crippen LogP contribution in [-0.2, 0) is 11.2 Å². The van der Waals surface area contributed by atoms with Crippen molar-refractivity contribution in [3.05, 3.63) is 29.8 Å². The Hall–Kier alpha value is -1.45. The van der Waals surface area contributed by atoms with Crippen molar-refractivity contribution in [2.45, 2.75) is 13.3 Å². The molecular weight excluding hydrogens is 173 g/mol. The van der Waals surface area contributed by atoms with Crippen LogP contribution in [0.3, 0.4) is 0 Å². The van der Waals surface area contributed by atoms with Crippen molar-refractivity contribution < 1.29 is 14.3 Å². The standard InChI is InChI=1S/C9H10FNO2/c1-6(9(12)13)2-7-3-8(10)5-11-4-7/h3-6H,2H2,1H3,(H,12,13)/t6-/m1/s1. The Morgan fingerprint density at radius 2 is 2.38 bits per heavy atom. The van der Waals surface area contributed by atoms with E-state index in [1.165, 1.54) is 12.3 Å².